The SMILES string of the molecule is CN(C)C(=O)N(O)c1ccc(Cl)c(Cl)c1. The van der Waals surface area contributed by atoms with Crippen molar-refractivity contribution in [1.29, 1.82) is 0 Å². The number of hydrogen-bond donors (Lipinski definition) is 1. The number of carbonyl (C=O) groups is 1. The Hall–Kier alpha value is -0.970. The lowest BCUT2D eigenvalue weighted by Crippen LogP contribution is -2.36. The zero-order valence-corrected chi connectivity index (χ0v) is 9.75. The van der Waals surface area contributed by atoms with Crippen molar-refractivity contribution in [2.75, 3.05) is 19.2 Å². The molecular weight excluding hydrogens is 239 g/mol. The molecule has 0 spiro atoms. The van der Waals surface area contributed by atoms with Crippen LogP contribution >= 0.6 is 23.2 Å². The van der Waals surface area contributed by atoms with Crippen LogP contribution in [0.1, 0.15) is 0 Å². The number of benzene rings is 1. The van der Waals surface area contributed by atoms with Gasteiger partial charge >= 0.3 is 6.03 Å². The number of hydrogen-bond acceptors (Lipinski definition) is 2. The van der Waals surface area contributed by atoms with Crippen molar-refractivity contribution in [3.05, 3.63) is 28.2 Å². The Kier molecular flexibility index (Phi) is 3.79. The van der Waals surface area contributed by atoms with Crippen LogP contribution in [0.4, 0.5) is 10.5 Å². The smallest absolute Gasteiger partial charge is 0.329 e. The number of nitrogens with zero attached hydrogens (tertiary/aromatic N) is 2. The molecule has 0 radical (unpaired) electrons. The van der Waals surface area contributed by atoms with Crippen molar-refractivity contribution in [2.45, 2.75) is 0 Å². The molecular formula is C9H10Cl2N2O2. The summed E-state index contributed by atoms with van der Waals surface area (Å²) in [4.78, 5) is 12.6. The summed E-state index contributed by atoms with van der Waals surface area (Å²) in [7, 11) is 3.06. The molecule has 1 rings (SSSR count). The van der Waals surface area contributed by atoms with E-state index in [1.54, 1.807) is 0 Å². The minimum atomic E-state index is -0.562. The average molecular weight is 249 g/mol. The first-order valence-corrected chi connectivity index (χ1v) is 4.84. The van der Waals surface area contributed by atoms with Gasteiger partial charge in [-0.25, -0.2) is 4.79 Å². The minimum Gasteiger partial charge on any atom is -0.329 e. The van der Waals surface area contributed by atoms with Gasteiger partial charge in [-0.2, -0.15) is 5.06 Å². The molecule has 82 valence electrons. The second-order valence-corrected chi connectivity index (χ2v) is 3.90. The Morgan fingerprint density at radius 2 is 1.87 bits per heavy atom. The molecule has 0 aromatic heterocycles. The van der Waals surface area contributed by atoms with Gasteiger partial charge in [-0.15, -0.1) is 0 Å². The molecule has 0 saturated heterocycles. The lowest BCUT2D eigenvalue weighted by Gasteiger charge is -2.19. The number of halogens is 2. The fourth-order valence-electron chi connectivity index (χ4n) is 0.917. The third-order valence-electron chi connectivity index (χ3n) is 1.71. The van der Waals surface area contributed by atoms with Gasteiger partial charge in [-0.05, 0) is 18.2 Å². The fourth-order valence-corrected chi connectivity index (χ4v) is 1.21. The van der Waals surface area contributed by atoms with Crippen LogP contribution in [0.5, 0.6) is 0 Å². The highest BCUT2D eigenvalue weighted by atomic mass is 35.5. The van der Waals surface area contributed by atoms with Crippen LogP contribution in [-0.2, 0) is 0 Å². The van der Waals surface area contributed by atoms with Gasteiger partial charge < -0.3 is 4.90 Å². The van der Waals surface area contributed by atoms with Crippen molar-refractivity contribution < 1.29 is 10.0 Å². The molecule has 0 atom stereocenters. The molecule has 1 aromatic carbocycles. The van der Waals surface area contributed by atoms with E-state index in [-0.39, 0.29) is 10.7 Å². The van der Waals surface area contributed by atoms with Gasteiger partial charge in [-0.3, -0.25) is 5.21 Å². The van der Waals surface area contributed by atoms with E-state index in [4.69, 9.17) is 23.2 Å². The first-order chi connectivity index (χ1) is 6.93. The van der Waals surface area contributed by atoms with E-state index in [1.807, 2.05) is 0 Å². The van der Waals surface area contributed by atoms with Crippen LogP contribution in [-0.4, -0.2) is 30.2 Å². The molecule has 2 amide bonds. The number of rotatable bonds is 1. The van der Waals surface area contributed by atoms with E-state index in [9.17, 15) is 10.0 Å². The summed E-state index contributed by atoms with van der Waals surface area (Å²) < 4.78 is 0. The zero-order chi connectivity index (χ0) is 11.6. The van der Waals surface area contributed by atoms with E-state index >= 15 is 0 Å². The summed E-state index contributed by atoms with van der Waals surface area (Å²) in [5.74, 6) is 0. The number of urea groups is 1. The van der Waals surface area contributed by atoms with E-state index in [0.29, 0.717) is 10.1 Å². The fraction of sp³-hybridized carbons (Fsp3) is 0.222. The van der Waals surface area contributed by atoms with Crippen LogP contribution in [0.2, 0.25) is 10.0 Å². The summed E-state index contributed by atoms with van der Waals surface area (Å²) >= 11 is 11.4. The highest BCUT2D eigenvalue weighted by molar-refractivity contribution is 6.42. The van der Waals surface area contributed by atoms with Gasteiger partial charge in [0.15, 0.2) is 0 Å². The highest BCUT2D eigenvalue weighted by Gasteiger charge is 2.15. The van der Waals surface area contributed by atoms with E-state index in [1.165, 1.54) is 37.2 Å². The summed E-state index contributed by atoms with van der Waals surface area (Å²) in [5.41, 5.74) is 0.267. The molecule has 1 N–H and O–H groups in total. The molecule has 4 nitrogen and oxygen atoms in total. The van der Waals surface area contributed by atoms with Gasteiger partial charge in [0, 0.05) is 14.1 Å². The van der Waals surface area contributed by atoms with Crippen LogP contribution in [0.15, 0.2) is 18.2 Å². The molecule has 6 heteroatoms. The Morgan fingerprint density at radius 1 is 1.27 bits per heavy atom. The van der Waals surface area contributed by atoms with Gasteiger partial charge in [0.05, 0.1) is 15.7 Å². The normalized spacial score (nSPS) is 9.93. The van der Waals surface area contributed by atoms with Crippen LogP contribution < -0.4 is 5.06 Å². The van der Waals surface area contributed by atoms with Crippen LogP contribution in [0.3, 0.4) is 0 Å². The summed E-state index contributed by atoms with van der Waals surface area (Å²) in [6, 6.07) is 3.85. The molecule has 0 saturated carbocycles. The predicted molar refractivity (Wildman–Crippen MR) is 59.8 cm³/mol. The lowest BCUT2D eigenvalue weighted by molar-refractivity contribution is 0.182. The predicted octanol–water partition coefficient (Wildman–Crippen LogP) is 2.87. The molecule has 0 aliphatic rings. The van der Waals surface area contributed by atoms with Crippen LogP contribution in [0, 0.1) is 0 Å². The number of amides is 2. The summed E-state index contributed by atoms with van der Waals surface area (Å²) in [6.07, 6.45) is 0. The van der Waals surface area contributed by atoms with Gasteiger partial charge in [-0.1, -0.05) is 23.2 Å². The minimum absolute atomic E-state index is 0.267. The maximum Gasteiger partial charge on any atom is 0.348 e. The maximum absolute atomic E-state index is 11.4. The lowest BCUT2D eigenvalue weighted by atomic mass is 10.3. The quantitative estimate of drug-likeness (QED) is 0.614. The Morgan fingerprint density at radius 3 is 2.33 bits per heavy atom. The number of hydroxylamine groups is 1. The molecule has 0 heterocycles. The van der Waals surface area contributed by atoms with Crippen LogP contribution in [0.25, 0.3) is 0 Å². The van der Waals surface area contributed by atoms with Crippen molar-refractivity contribution in [2.24, 2.45) is 0 Å². The second-order valence-electron chi connectivity index (χ2n) is 3.09. The topological polar surface area (TPSA) is 43.8 Å². The first-order valence-electron chi connectivity index (χ1n) is 4.09. The molecule has 0 unspecified atom stereocenters. The van der Waals surface area contributed by atoms with Crippen molar-refractivity contribution in [1.82, 2.24) is 4.90 Å². The maximum atomic E-state index is 11.4. The van der Waals surface area contributed by atoms with Gasteiger partial charge in [0.2, 0.25) is 0 Å². The third-order valence-corrected chi connectivity index (χ3v) is 2.45. The third kappa shape index (κ3) is 2.75. The molecule has 0 bridgehead atoms. The monoisotopic (exact) mass is 248 g/mol. The van der Waals surface area contributed by atoms with Crippen molar-refractivity contribution in [3.63, 3.8) is 0 Å². The molecule has 0 fully saturated rings. The van der Waals surface area contributed by atoms with E-state index in [0.717, 1.165) is 0 Å². The summed E-state index contributed by atoms with van der Waals surface area (Å²) in [6.45, 7) is 0. The van der Waals surface area contributed by atoms with Crippen molar-refractivity contribution in [3.8, 4) is 0 Å². The second kappa shape index (κ2) is 4.70. The molecule has 0 aliphatic heterocycles. The number of carbonyl (C=O) groups excluding carboxylic acids is 1. The van der Waals surface area contributed by atoms with E-state index in [2.05, 4.69) is 0 Å². The standard InChI is InChI=1S/C9H10Cl2N2O2/c1-12(2)9(14)13(15)6-3-4-7(10)8(11)5-6/h3-5,15H,1-2H3. The first kappa shape index (κ1) is 12.1. The van der Waals surface area contributed by atoms with Gasteiger partial charge in [0.25, 0.3) is 0 Å². The van der Waals surface area contributed by atoms with E-state index < -0.39 is 6.03 Å². The number of anilines is 1. The Balaban J connectivity index is 2.97. The zero-order valence-electron chi connectivity index (χ0n) is 8.24. The molecule has 0 aliphatic carbocycles. The van der Waals surface area contributed by atoms with Gasteiger partial charge in [0.1, 0.15) is 0 Å². The Bertz CT molecular complexity index is 382. The average Bonchev–Trinajstić information content (AvgIpc) is 2.19. The summed E-state index contributed by atoms with van der Waals surface area (Å²) in [5, 5.41) is 10.7. The molecule has 15 heavy (non-hydrogen) atoms. The molecule has 1 aromatic rings. The largest absolute Gasteiger partial charge is 0.348 e. The highest BCUT2D eigenvalue weighted by Crippen LogP contribution is 2.26. The Labute approximate surface area is 97.6 Å². The van der Waals surface area contributed by atoms with Crippen molar-refractivity contribution >= 4 is 34.9 Å².